The van der Waals surface area contributed by atoms with Crippen molar-refractivity contribution in [1.82, 2.24) is 0 Å². The molecule has 0 fully saturated rings. The van der Waals surface area contributed by atoms with Crippen molar-refractivity contribution in [2.45, 2.75) is 56.7 Å². The lowest BCUT2D eigenvalue weighted by Gasteiger charge is -2.08. The monoisotopic (exact) mass is 1870 g/mol. The summed E-state index contributed by atoms with van der Waals surface area (Å²) in [5, 5.41) is 45.3. The van der Waals surface area contributed by atoms with Crippen LogP contribution in [0.25, 0.3) is 73.7 Å². The average molecular weight is 1880 g/mol. The van der Waals surface area contributed by atoms with Gasteiger partial charge in [0.2, 0.25) is 0 Å². The predicted molar refractivity (Wildman–Crippen MR) is 489 cm³/mol. The van der Waals surface area contributed by atoms with Crippen LogP contribution in [0.15, 0.2) is 292 Å². The maximum Gasteiger partial charge on any atom is 0.489 e. The van der Waals surface area contributed by atoms with Crippen LogP contribution < -0.4 is 10.9 Å². The molecule has 2 aromatic heterocycles. The molecule has 0 saturated heterocycles. The minimum absolute atomic E-state index is 0. The van der Waals surface area contributed by atoms with Crippen molar-refractivity contribution >= 4 is 268 Å². The molecule has 0 bridgehead atoms. The second kappa shape index (κ2) is 47.1. The van der Waals surface area contributed by atoms with Gasteiger partial charge in [-0.1, -0.05) is 286 Å². The molecule has 1 unspecified atom stereocenters. The van der Waals surface area contributed by atoms with Gasteiger partial charge in [-0.2, -0.15) is 0 Å². The molecule has 0 saturated carbocycles. The Morgan fingerprint density at radius 3 is 1.21 bits per heavy atom. The number of hydrogen-bond donors (Lipinski definition) is 4. The summed E-state index contributed by atoms with van der Waals surface area (Å²) in [7, 11) is -3.82. The van der Waals surface area contributed by atoms with Gasteiger partial charge in [-0.05, 0) is 203 Å². The molecule has 0 aliphatic carbocycles. The molecule has 1 atom stereocenters. The first-order valence-electron chi connectivity index (χ1n) is 29.6. The van der Waals surface area contributed by atoms with E-state index in [1.54, 1.807) is 76.7 Å². The molecule has 12 aromatic carbocycles. The van der Waals surface area contributed by atoms with E-state index >= 15 is 0 Å². The third kappa shape index (κ3) is 27.2. The summed E-state index contributed by atoms with van der Waals surface area (Å²) in [5.74, 6) is 0. The molecule has 2 heterocycles. The summed E-state index contributed by atoms with van der Waals surface area (Å²) in [6, 6.07) is 82.1. The zero-order valence-corrected chi connectivity index (χ0v) is 68.6. The quantitative estimate of drug-likeness (QED) is 0.0838. The summed E-state index contributed by atoms with van der Waals surface area (Å²) in [4.78, 5) is 4.25. The van der Waals surface area contributed by atoms with Gasteiger partial charge in [0.05, 0.1) is 30.2 Å². The lowest BCUT2D eigenvalue weighted by Crippen LogP contribution is -2.31. The molecule has 0 aliphatic rings. The van der Waals surface area contributed by atoms with Crippen LogP contribution in [-0.2, 0) is 10.8 Å². The van der Waals surface area contributed by atoms with Gasteiger partial charge < -0.3 is 20.1 Å². The Balaban J connectivity index is 0.000000316. The summed E-state index contributed by atoms with van der Waals surface area (Å²) >= 11 is 58.0. The highest BCUT2D eigenvalue weighted by atomic mass is 79.9. The number of rotatable bonds is 9. The highest BCUT2D eigenvalue weighted by Gasteiger charge is 2.17. The third-order valence-electron chi connectivity index (χ3n) is 14.3. The zero-order chi connectivity index (χ0) is 71.3. The van der Waals surface area contributed by atoms with Crippen molar-refractivity contribution in [3.63, 3.8) is 0 Å². The van der Waals surface area contributed by atoms with Gasteiger partial charge in [0.15, 0.2) is 0 Å². The molecule has 14 rings (SSSR count). The van der Waals surface area contributed by atoms with E-state index in [2.05, 4.69) is 155 Å². The van der Waals surface area contributed by atoms with Crippen LogP contribution in [0.4, 0.5) is 0 Å². The first-order valence-corrected chi connectivity index (χ1v) is 41.9. The lowest BCUT2D eigenvalue weighted by molar-refractivity contribution is 0.424. The van der Waals surface area contributed by atoms with Gasteiger partial charge in [0.1, 0.15) is 0 Å². The van der Waals surface area contributed by atoms with Crippen LogP contribution in [0.3, 0.4) is 0 Å². The third-order valence-corrected chi connectivity index (χ3v) is 23.9. The Morgan fingerprint density at radius 1 is 0.356 bits per heavy atom. The normalized spacial score (nSPS) is 10.3. The maximum absolute atomic E-state index is 11.7. The smallest absolute Gasteiger partial charge is 0.423 e. The van der Waals surface area contributed by atoms with Crippen LogP contribution in [0, 0.1) is 0 Å². The molecule has 0 aliphatic heterocycles. The molecule has 0 spiro atoms. The maximum atomic E-state index is 11.7. The highest BCUT2D eigenvalue weighted by molar-refractivity contribution is 9.11. The van der Waals surface area contributed by atoms with Crippen molar-refractivity contribution in [3.8, 4) is 33.4 Å². The fraction of sp³-hybridized carbons (Fsp3) is 0.111. The summed E-state index contributed by atoms with van der Waals surface area (Å²) in [6.07, 6.45) is 7.75. The predicted octanol–water partition coefficient (Wildman–Crippen LogP) is 29.0. The molecule has 4 N–H and O–H groups in total. The Morgan fingerprint density at radius 2 is 0.750 bits per heavy atom. The van der Waals surface area contributed by atoms with Crippen molar-refractivity contribution in [2.24, 2.45) is 0 Å². The number of hydrogen-bond acceptors (Lipinski definition) is 10. The molecular formula is C81H78B2Br4Cl6O5S6. The topological polar surface area (TPSA) is 98.0 Å². The van der Waals surface area contributed by atoms with Gasteiger partial charge in [0.25, 0.3) is 0 Å². The molecule has 544 valence electrons. The second-order valence-corrected chi connectivity index (χ2v) is 33.2. The minimum atomic E-state index is -1.44. The van der Waals surface area contributed by atoms with E-state index in [0.717, 1.165) is 89.7 Å². The number of benzene rings is 12. The van der Waals surface area contributed by atoms with E-state index in [-0.39, 0.29) is 37.1 Å². The Labute approximate surface area is 701 Å². The van der Waals surface area contributed by atoms with Gasteiger partial charge in [-0.25, -0.2) is 0 Å². The van der Waals surface area contributed by atoms with Crippen molar-refractivity contribution in [3.05, 3.63) is 303 Å². The molecule has 104 heavy (non-hydrogen) atoms. The average Bonchev–Trinajstić information content (AvgIpc) is 1.62. The van der Waals surface area contributed by atoms with E-state index in [0.29, 0.717) is 15.9 Å². The molecule has 0 radical (unpaired) electrons. The van der Waals surface area contributed by atoms with E-state index in [4.69, 9.17) is 79.7 Å². The van der Waals surface area contributed by atoms with Gasteiger partial charge in [-0.15, -0.1) is 58.0 Å². The minimum Gasteiger partial charge on any atom is -0.423 e. The molecular weight excluding hydrogens is 1800 g/mol. The summed E-state index contributed by atoms with van der Waals surface area (Å²) in [5.41, 5.74) is 7.77. The van der Waals surface area contributed by atoms with Crippen LogP contribution in [0.5, 0.6) is 0 Å². The summed E-state index contributed by atoms with van der Waals surface area (Å²) in [6.45, 7) is 0. The van der Waals surface area contributed by atoms with Crippen LogP contribution in [0.1, 0.15) is 37.1 Å². The number of fused-ring (bicyclic) bond motifs is 6. The van der Waals surface area contributed by atoms with Crippen LogP contribution in [0.2, 0.25) is 30.1 Å². The first-order chi connectivity index (χ1) is 47.5. The second-order valence-electron chi connectivity index (χ2n) is 20.9. The number of thioether (sulfide) groups is 3. The van der Waals surface area contributed by atoms with E-state index < -0.39 is 25.0 Å². The Bertz CT molecular complexity index is 5060. The largest absolute Gasteiger partial charge is 0.489 e. The lowest BCUT2D eigenvalue weighted by atomic mass is 9.80. The highest BCUT2D eigenvalue weighted by Crippen LogP contribution is 2.41. The van der Waals surface area contributed by atoms with Crippen molar-refractivity contribution in [2.75, 3.05) is 25.0 Å². The van der Waals surface area contributed by atoms with Crippen LogP contribution >= 0.6 is 191 Å². The molecule has 5 nitrogen and oxygen atoms in total. The SMILES string of the molecule is C.C.C.C.C.CS(=O)c1ccc(Br)cc1-c1cccc(Cl)c1.CSc1ccc(Br)cc1-c1cccc(Cl)c1.CSc1ccccc1-c1cccc(Cl)c1.CSc1ccccc1B(O)O.Clc1cccc(Br)c1.Clc1cccc2c1sc1ccc(Br)cc12.OB(O)c1ccc2sc3c(Cl)cccc3c2c1. The zero-order valence-electron chi connectivity index (χ0n) is 52.8. The van der Waals surface area contributed by atoms with Gasteiger partial charge in [0, 0.05) is 94.8 Å². The van der Waals surface area contributed by atoms with E-state index in [1.807, 2.05) is 158 Å². The van der Waals surface area contributed by atoms with Crippen molar-refractivity contribution in [1.29, 1.82) is 0 Å². The fourth-order valence-corrected chi connectivity index (χ4v) is 17.5. The Hall–Kier alpha value is -4.09. The molecule has 14 aromatic rings. The van der Waals surface area contributed by atoms with E-state index in [9.17, 15) is 14.3 Å². The Kier molecular flexibility index (Phi) is 42.6. The van der Waals surface area contributed by atoms with E-state index in [1.165, 1.54) is 58.4 Å². The van der Waals surface area contributed by atoms with Crippen LogP contribution in [-0.4, -0.2) is 63.6 Å². The standard InChI is InChI=1S/C13H10BrClOS.C13H10BrClS.C13H11ClS.C12H8BClO2S.C12H6BrClS.C7H9BO2S.C6H4BrCl.5CH4/c1-17(16)13-6-5-10(14)8-12(13)9-3-2-4-11(15)7-9;1-16-13-6-5-10(14)8-12(13)9-3-2-4-11(15)7-9;1-15-13-8-3-2-7-12(13)10-5-4-6-11(14)9-10;14-10-3-1-2-8-9-6-7(13(15)16)4-5-11(9)17-12(8)10;13-7-4-5-11-9(6-7)8-2-1-3-10(14)12(8)15-11;1-11-7-5-3-2-4-6(7)8(9)10;7-5-2-1-3-6(8)4-5;;;;;/h2-8H,1H3;2-8H,1H3;2-9H,1H3;1-6,15-16H;1-6H;2-5,9-10H,1H3;1-4H;5*1H4. The van der Waals surface area contributed by atoms with Crippen molar-refractivity contribution < 1.29 is 24.3 Å². The molecule has 23 heteroatoms. The first kappa shape index (κ1) is 94.1. The summed E-state index contributed by atoms with van der Waals surface area (Å²) < 4.78 is 20.4. The molecule has 0 amide bonds. The fourth-order valence-electron chi connectivity index (χ4n) is 9.75. The number of thiophene rings is 2. The number of halogens is 10. The van der Waals surface area contributed by atoms with Gasteiger partial charge >= 0.3 is 14.2 Å². The van der Waals surface area contributed by atoms with Gasteiger partial charge in [-0.3, -0.25) is 4.21 Å².